The molecule has 0 atom stereocenters. The maximum atomic E-state index is 11.8. The van der Waals surface area contributed by atoms with E-state index in [0.29, 0.717) is 5.56 Å². The van der Waals surface area contributed by atoms with Crippen molar-refractivity contribution in [3.05, 3.63) is 28.1 Å². The topological polar surface area (TPSA) is 43.1 Å². The third-order valence-electron chi connectivity index (χ3n) is 2.21. The zero-order chi connectivity index (χ0) is 11.9. The molecule has 84 valence electrons. The van der Waals surface area contributed by atoms with Crippen molar-refractivity contribution in [1.29, 1.82) is 0 Å². The molecule has 0 radical (unpaired) electrons. The highest BCUT2D eigenvalue weighted by molar-refractivity contribution is 5.27. The first-order valence-electron chi connectivity index (χ1n) is 5.13. The fraction of sp³-hybridized carbons (Fsp3) is 0.667. The summed E-state index contributed by atoms with van der Waals surface area (Å²) >= 11 is 0. The van der Waals surface area contributed by atoms with Crippen LogP contribution in [0.4, 0.5) is 0 Å². The molecule has 0 saturated heterocycles. The van der Waals surface area contributed by atoms with Crippen LogP contribution in [0.5, 0.6) is 0 Å². The van der Waals surface area contributed by atoms with Gasteiger partial charge >= 0.3 is 0 Å². The molecular weight excluding hydrogens is 190 g/mol. The van der Waals surface area contributed by atoms with Gasteiger partial charge in [-0.2, -0.15) is 4.98 Å². The van der Waals surface area contributed by atoms with E-state index in [4.69, 9.17) is 4.42 Å². The predicted octanol–water partition coefficient (Wildman–Crippen LogP) is 2.63. The molecule has 3 nitrogen and oxygen atoms in total. The van der Waals surface area contributed by atoms with E-state index in [1.54, 1.807) is 0 Å². The Balaban J connectivity index is 3.55. The molecular formula is C12H19NO2. The number of nitrogens with zero attached hydrogens (tertiary/aromatic N) is 1. The molecule has 0 bridgehead atoms. The number of hydrogen-bond acceptors (Lipinski definition) is 3. The highest BCUT2D eigenvalue weighted by Gasteiger charge is 2.30. The Hall–Kier alpha value is -1.12. The van der Waals surface area contributed by atoms with Gasteiger partial charge in [-0.1, -0.05) is 41.5 Å². The molecule has 1 aromatic rings. The van der Waals surface area contributed by atoms with Crippen molar-refractivity contribution in [2.24, 2.45) is 0 Å². The molecule has 0 N–H and O–H groups in total. The van der Waals surface area contributed by atoms with Gasteiger partial charge in [0.2, 0.25) is 0 Å². The Labute approximate surface area is 90.5 Å². The van der Waals surface area contributed by atoms with Crippen LogP contribution in [0.3, 0.4) is 0 Å². The summed E-state index contributed by atoms with van der Waals surface area (Å²) in [7, 11) is 0. The molecule has 0 aliphatic heterocycles. The second kappa shape index (κ2) is 3.47. The number of aromatic nitrogens is 1. The van der Waals surface area contributed by atoms with Gasteiger partial charge < -0.3 is 4.42 Å². The van der Waals surface area contributed by atoms with E-state index in [1.165, 1.54) is 6.39 Å². The molecule has 0 aliphatic rings. The normalized spacial score (nSPS) is 12.9. The molecule has 15 heavy (non-hydrogen) atoms. The van der Waals surface area contributed by atoms with Crippen molar-refractivity contribution in [2.75, 3.05) is 0 Å². The smallest absolute Gasteiger partial charge is 0.279 e. The summed E-state index contributed by atoms with van der Waals surface area (Å²) in [6, 6.07) is 0. The largest absolute Gasteiger partial charge is 0.449 e. The van der Waals surface area contributed by atoms with Crippen LogP contribution in [0.15, 0.2) is 15.6 Å². The Morgan fingerprint density at radius 3 is 1.93 bits per heavy atom. The summed E-state index contributed by atoms with van der Waals surface area (Å²) in [5.41, 5.74) is 0.0819. The third kappa shape index (κ3) is 2.46. The molecule has 1 heterocycles. The van der Waals surface area contributed by atoms with E-state index in [2.05, 4.69) is 4.98 Å². The van der Waals surface area contributed by atoms with Gasteiger partial charge in [0.25, 0.3) is 5.56 Å². The van der Waals surface area contributed by atoms with E-state index >= 15 is 0 Å². The molecule has 1 rings (SSSR count). The molecule has 0 amide bonds. The van der Waals surface area contributed by atoms with Gasteiger partial charge in [-0.25, -0.2) is 0 Å². The first-order chi connectivity index (χ1) is 6.64. The minimum atomic E-state index is -0.239. The lowest BCUT2D eigenvalue weighted by Crippen LogP contribution is -2.30. The van der Waals surface area contributed by atoms with Crippen molar-refractivity contribution < 1.29 is 4.42 Å². The van der Waals surface area contributed by atoms with Crippen LogP contribution in [0.1, 0.15) is 52.9 Å². The molecule has 3 heteroatoms. The monoisotopic (exact) mass is 209 g/mol. The lowest BCUT2D eigenvalue weighted by atomic mass is 9.80. The van der Waals surface area contributed by atoms with Crippen molar-refractivity contribution in [2.45, 2.75) is 52.4 Å². The predicted molar refractivity (Wildman–Crippen MR) is 60.2 cm³/mol. The zero-order valence-corrected chi connectivity index (χ0v) is 10.3. The van der Waals surface area contributed by atoms with Gasteiger partial charge in [0.05, 0.1) is 5.56 Å². The minimum absolute atomic E-state index is 0.176. The molecule has 0 saturated carbocycles. The Morgan fingerprint density at radius 1 is 1.07 bits per heavy atom. The maximum absolute atomic E-state index is 11.8. The summed E-state index contributed by atoms with van der Waals surface area (Å²) < 4.78 is 5.42. The summed E-state index contributed by atoms with van der Waals surface area (Å²) in [5, 5.41) is 0. The standard InChI is InChI=1S/C12H19NO2/c1-11(2,3)8-9(12(4,5)6)15-7-13-10(8)14/h7H,1-6H3. The average molecular weight is 209 g/mol. The van der Waals surface area contributed by atoms with Crippen molar-refractivity contribution in [3.8, 4) is 0 Å². The highest BCUT2D eigenvalue weighted by Crippen LogP contribution is 2.30. The van der Waals surface area contributed by atoms with E-state index in [0.717, 1.165) is 5.76 Å². The van der Waals surface area contributed by atoms with Gasteiger partial charge in [-0.3, -0.25) is 4.79 Å². The Bertz CT molecular complexity index is 405. The van der Waals surface area contributed by atoms with Gasteiger partial charge in [0, 0.05) is 5.41 Å². The van der Waals surface area contributed by atoms with Crippen LogP contribution >= 0.6 is 0 Å². The van der Waals surface area contributed by atoms with Gasteiger partial charge in [-0.05, 0) is 5.41 Å². The first-order valence-corrected chi connectivity index (χ1v) is 5.13. The minimum Gasteiger partial charge on any atom is -0.449 e. The average Bonchev–Trinajstić information content (AvgIpc) is 1.99. The SMILES string of the molecule is CC(C)(C)c1ocnc(=O)c1C(C)(C)C. The second-order valence-electron chi connectivity index (χ2n) is 5.86. The van der Waals surface area contributed by atoms with Gasteiger partial charge in [0.1, 0.15) is 5.76 Å². The first kappa shape index (κ1) is 12.0. The van der Waals surface area contributed by atoms with E-state index in [1.807, 2.05) is 41.5 Å². The second-order valence-corrected chi connectivity index (χ2v) is 5.86. The summed E-state index contributed by atoms with van der Waals surface area (Å²) in [6.07, 6.45) is 1.23. The van der Waals surface area contributed by atoms with E-state index in [9.17, 15) is 4.79 Å². The lowest BCUT2D eigenvalue weighted by molar-refractivity contribution is 0.359. The van der Waals surface area contributed by atoms with Crippen LogP contribution in [-0.2, 0) is 10.8 Å². The van der Waals surface area contributed by atoms with Crippen molar-refractivity contribution in [1.82, 2.24) is 4.98 Å². The number of rotatable bonds is 0. The number of hydrogen-bond donors (Lipinski definition) is 0. The van der Waals surface area contributed by atoms with Crippen LogP contribution in [0, 0.1) is 0 Å². The van der Waals surface area contributed by atoms with Gasteiger partial charge in [-0.15, -0.1) is 0 Å². The maximum Gasteiger partial charge on any atom is 0.279 e. The van der Waals surface area contributed by atoms with E-state index in [-0.39, 0.29) is 16.4 Å². The fourth-order valence-corrected chi connectivity index (χ4v) is 1.56. The van der Waals surface area contributed by atoms with E-state index < -0.39 is 0 Å². The lowest BCUT2D eigenvalue weighted by Gasteiger charge is -2.26. The zero-order valence-electron chi connectivity index (χ0n) is 10.3. The molecule has 0 aromatic carbocycles. The van der Waals surface area contributed by atoms with Crippen LogP contribution in [-0.4, -0.2) is 4.98 Å². The molecule has 0 spiro atoms. The molecule has 0 unspecified atom stereocenters. The van der Waals surface area contributed by atoms with Crippen LogP contribution < -0.4 is 5.56 Å². The molecule has 1 aromatic heterocycles. The van der Waals surface area contributed by atoms with Crippen LogP contribution in [0.25, 0.3) is 0 Å². The summed E-state index contributed by atoms with van der Waals surface area (Å²) in [5.74, 6) is 0.731. The summed E-state index contributed by atoms with van der Waals surface area (Å²) in [4.78, 5) is 15.5. The van der Waals surface area contributed by atoms with Crippen molar-refractivity contribution in [3.63, 3.8) is 0 Å². The quantitative estimate of drug-likeness (QED) is 0.659. The molecule has 0 fully saturated rings. The molecule has 0 aliphatic carbocycles. The Kier molecular flexibility index (Phi) is 2.77. The Morgan fingerprint density at radius 2 is 1.60 bits per heavy atom. The fourth-order valence-electron chi connectivity index (χ4n) is 1.56. The van der Waals surface area contributed by atoms with Crippen molar-refractivity contribution >= 4 is 0 Å². The third-order valence-corrected chi connectivity index (χ3v) is 2.21. The highest BCUT2D eigenvalue weighted by atomic mass is 16.3. The summed E-state index contributed by atoms with van der Waals surface area (Å²) in [6.45, 7) is 12.1. The van der Waals surface area contributed by atoms with Gasteiger partial charge in [0.15, 0.2) is 6.39 Å². The van der Waals surface area contributed by atoms with Crippen LogP contribution in [0.2, 0.25) is 0 Å².